The minimum absolute atomic E-state index is 0.0867. The molecular formula is C24H33ClO8. The molecule has 0 radical (unpaired) electrons. The topological polar surface area (TPSA) is 108 Å². The molecule has 0 aromatic rings. The molecule has 0 spiro atoms. The van der Waals surface area contributed by atoms with Gasteiger partial charge in [0.2, 0.25) is 0 Å². The Labute approximate surface area is 198 Å². The van der Waals surface area contributed by atoms with E-state index in [0.29, 0.717) is 25.7 Å². The summed E-state index contributed by atoms with van der Waals surface area (Å²) in [5.41, 5.74) is -2.10. The fourth-order valence-corrected chi connectivity index (χ4v) is 7.41. The lowest BCUT2D eigenvalue weighted by Crippen LogP contribution is -2.76. The number of ether oxygens (including phenoxy) is 4. The molecule has 0 bridgehead atoms. The van der Waals surface area contributed by atoms with E-state index in [0.717, 1.165) is 5.57 Å². The third kappa shape index (κ3) is 3.78. The lowest BCUT2D eigenvalue weighted by Gasteiger charge is -2.69. The predicted octanol–water partition coefficient (Wildman–Crippen LogP) is 2.53. The van der Waals surface area contributed by atoms with Crippen LogP contribution < -0.4 is 0 Å². The third-order valence-corrected chi connectivity index (χ3v) is 9.16. The Morgan fingerprint density at radius 3 is 2.61 bits per heavy atom. The first-order valence-electron chi connectivity index (χ1n) is 11.6. The van der Waals surface area contributed by atoms with Crippen LogP contribution in [0.15, 0.2) is 11.6 Å². The summed E-state index contributed by atoms with van der Waals surface area (Å²) in [7, 11) is 0. The molecule has 8 atom stereocenters. The van der Waals surface area contributed by atoms with Gasteiger partial charge in [-0.05, 0) is 37.0 Å². The molecule has 184 valence electrons. The average molecular weight is 485 g/mol. The molecule has 0 amide bonds. The molecule has 4 aliphatic rings. The summed E-state index contributed by atoms with van der Waals surface area (Å²) in [5, 5.41) is 11.9. The Morgan fingerprint density at radius 1 is 1.30 bits per heavy atom. The van der Waals surface area contributed by atoms with Crippen molar-refractivity contribution in [2.24, 2.45) is 22.7 Å². The van der Waals surface area contributed by atoms with E-state index >= 15 is 0 Å². The quantitative estimate of drug-likeness (QED) is 0.360. The van der Waals surface area contributed by atoms with Gasteiger partial charge in [0.15, 0.2) is 0 Å². The maximum atomic E-state index is 12.1. The minimum Gasteiger partial charge on any atom is -0.465 e. The van der Waals surface area contributed by atoms with Crippen molar-refractivity contribution in [3.8, 4) is 0 Å². The number of carbonyl (C=O) groups is 3. The Hall–Kier alpha value is -1.64. The summed E-state index contributed by atoms with van der Waals surface area (Å²) < 4.78 is 23.1. The van der Waals surface area contributed by atoms with Gasteiger partial charge in [-0.1, -0.05) is 13.8 Å². The number of esters is 3. The predicted molar refractivity (Wildman–Crippen MR) is 117 cm³/mol. The van der Waals surface area contributed by atoms with Gasteiger partial charge in [-0.3, -0.25) is 9.59 Å². The number of aliphatic hydroxyl groups is 1. The zero-order chi connectivity index (χ0) is 24.2. The van der Waals surface area contributed by atoms with Crippen LogP contribution in [0.25, 0.3) is 0 Å². The van der Waals surface area contributed by atoms with Crippen molar-refractivity contribution in [2.45, 2.75) is 77.3 Å². The minimum atomic E-state index is -1.42. The number of cyclic esters (lactones) is 1. The lowest BCUT2D eigenvalue weighted by molar-refractivity contribution is -0.318. The normalized spacial score (nSPS) is 44.4. The van der Waals surface area contributed by atoms with Crippen LogP contribution in [0.2, 0.25) is 0 Å². The molecule has 2 saturated carbocycles. The number of rotatable bonds is 5. The Kier molecular flexibility index (Phi) is 6.34. The molecule has 1 saturated heterocycles. The van der Waals surface area contributed by atoms with Crippen LogP contribution in [0.5, 0.6) is 0 Å². The van der Waals surface area contributed by atoms with Crippen LogP contribution in [0.1, 0.15) is 53.4 Å². The van der Waals surface area contributed by atoms with Gasteiger partial charge in [-0.15, -0.1) is 11.6 Å². The highest BCUT2D eigenvalue weighted by Gasteiger charge is 2.73. The fraction of sp³-hybridized carbons (Fsp3) is 0.792. The summed E-state index contributed by atoms with van der Waals surface area (Å²) in [6.45, 7) is 7.03. The van der Waals surface area contributed by atoms with Gasteiger partial charge in [-0.2, -0.15) is 0 Å². The largest absolute Gasteiger partial charge is 0.465 e. The first-order valence-corrected chi connectivity index (χ1v) is 12.1. The van der Waals surface area contributed by atoms with E-state index in [-0.39, 0.29) is 54.5 Å². The number of carbonyl (C=O) groups excluding carboxylic acids is 3. The Morgan fingerprint density at radius 2 is 2.03 bits per heavy atom. The third-order valence-electron chi connectivity index (χ3n) is 8.72. The van der Waals surface area contributed by atoms with Gasteiger partial charge in [0.1, 0.15) is 19.3 Å². The molecule has 9 heteroatoms. The summed E-state index contributed by atoms with van der Waals surface area (Å²) in [6.07, 6.45) is 2.17. The van der Waals surface area contributed by atoms with Crippen LogP contribution in [0, 0.1) is 22.7 Å². The van der Waals surface area contributed by atoms with E-state index in [2.05, 4.69) is 13.8 Å². The van der Waals surface area contributed by atoms with Crippen molar-refractivity contribution < 1.29 is 38.4 Å². The molecular weight excluding hydrogens is 452 g/mol. The lowest BCUT2D eigenvalue weighted by atomic mass is 9.40. The summed E-state index contributed by atoms with van der Waals surface area (Å²) in [5.74, 6) is -1.58. The maximum absolute atomic E-state index is 12.1. The highest BCUT2D eigenvalue weighted by atomic mass is 35.5. The van der Waals surface area contributed by atoms with Crippen molar-refractivity contribution in [1.82, 2.24) is 0 Å². The zero-order valence-electron chi connectivity index (χ0n) is 19.6. The SMILES string of the molecule is CC(=O)OC[C@]12[C@@H](OC(C)=O)C[C@@H](C)[C@]3(C)C[C@H](C4=CC(=O)OC4)O[C@H](CC[C@]1(O)CCl)[C@H]32. The monoisotopic (exact) mass is 484 g/mol. The number of hydrogen-bond donors (Lipinski definition) is 1. The van der Waals surface area contributed by atoms with Crippen LogP contribution in [-0.4, -0.2) is 66.0 Å². The van der Waals surface area contributed by atoms with Crippen molar-refractivity contribution in [3.63, 3.8) is 0 Å². The van der Waals surface area contributed by atoms with E-state index in [1.165, 1.54) is 19.9 Å². The van der Waals surface area contributed by atoms with Crippen molar-refractivity contribution in [1.29, 1.82) is 0 Å². The van der Waals surface area contributed by atoms with Gasteiger partial charge in [-0.25, -0.2) is 4.79 Å². The van der Waals surface area contributed by atoms with E-state index in [1.807, 2.05) is 0 Å². The van der Waals surface area contributed by atoms with Gasteiger partial charge >= 0.3 is 17.9 Å². The second-order valence-electron chi connectivity index (χ2n) is 10.4. The van der Waals surface area contributed by atoms with E-state index in [4.69, 9.17) is 30.5 Å². The molecule has 3 fully saturated rings. The second kappa shape index (κ2) is 8.54. The summed E-state index contributed by atoms with van der Waals surface area (Å²) in [6, 6.07) is 0. The standard InChI is InChI=1S/C24H33ClO8/c1-13-7-19(32-15(3)27)24(12-31-14(2)26)21-17(5-6-23(24,29)11-25)33-18(9-22(13,21)4)16-8-20(28)30-10-16/h8,13,17-19,21,29H,5-7,9-12H2,1-4H3/t13-,17-,18-,19+,21-,22+,23+,24-/m1/s1. The molecule has 0 aromatic heterocycles. The molecule has 33 heavy (non-hydrogen) atoms. The summed E-state index contributed by atoms with van der Waals surface area (Å²) in [4.78, 5) is 35.7. The number of hydrogen-bond acceptors (Lipinski definition) is 8. The average Bonchev–Trinajstić information content (AvgIpc) is 3.18. The maximum Gasteiger partial charge on any atom is 0.331 e. The Balaban J connectivity index is 1.84. The molecule has 4 rings (SSSR count). The smallest absolute Gasteiger partial charge is 0.331 e. The summed E-state index contributed by atoms with van der Waals surface area (Å²) >= 11 is 6.40. The first-order chi connectivity index (χ1) is 15.5. The van der Waals surface area contributed by atoms with Crippen LogP contribution in [0.4, 0.5) is 0 Å². The molecule has 2 heterocycles. The molecule has 2 aliphatic carbocycles. The van der Waals surface area contributed by atoms with Crippen LogP contribution in [-0.2, 0) is 33.3 Å². The van der Waals surface area contributed by atoms with Crippen molar-refractivity contribution in [2.75, 3.05) is 19.1 Å². The second-order valence-corrected chi connectivity index (χ2v) is 10.7. The van der Waals surface area contributed by atoms with Gasteiger partial charge in [0.25, 0.3) is 0 Å². The molecule has 8 nitrogen and oxygen atoms in total. The highest BCUT2D eigenvalue weighted by molar-refractivity contribution is 6.18. The highest BCUT2D eigenvalue weighted by Crippen LogP contribution is 2.68. The fourth-order valence-electron chi connectivity index (χ4n) is 7.03. The van der Waals surface area contributed by atoms with Crippen LogP contribution >= 0.6 is 11.6 Å². The van der Waals surface area contributed by atoms with Gasteiger partial charge in [0.05, 0.1) is 29.1 Å². The molecule has 2 aliphatic heterocycles. The number of halogens is 1. The molecule has 1 N–H and O–H groups in total. The van der Waals surface area contributed by atoms with Gasteiger partial charge < -0.3 is 24.1 Å². The van der Waals surface area contributed by atoms with E-state index < -0.39 is 29.1 Å². The van der Waals surface area contributed by atoms with E-state index in [1.54, 1.807) is 0 Å². The first kappa shape index (κ1) is 24.5. The van der Waals surface area contributed by atoms with Crippen molar-refractivity contribution >= 4 is 29.5 Å². The van der Waals surface area contributed by atoms with E-state index in [9.17, 15) is 19.5 Å². The molecule has 0 unspecified atom stereocenters. The number of alkyl halides is 1. The van der Waals surface area contributed by atoms with Crippen LogP contribution in [0.3, 0.4) is 0 Å². The zero-order valence-corrected chi connectivity index (χ0v) is 20.4. The Bertz CT molecular complexity index is 873. The molecule has 0 aromatic carbocycles. The van der Waals surface area contributed by atoms with Crippen molar-refractivity contribution in [3.05, 3.63) is 11.6 Å². The van der Waals surface area contributed by atoms with Gasteiger partial charge in [0, 0.05) is 31.4 Å².